The van der Waals surface area contributed by atoms with Crippen LogP contribution in [-0.2, 0) is 16.1 Å². The van der Waals surface area contributed by atoms with Crippen LogP contribution in [0.3, 0.4) is 0 Å². The molecule has 0 saturated heterocycles. The van der Waals surface area contributed by atoms with Gasteiger partial charge in [0.15, 0.2) is 12.4 Å². The van der Waals surface area contributed by atoms with Crippen molar-refractivity contribution in [1.29, 1.82) is 0 Å². The summed E-state index contributed by atoms with van der Waals surface area (Å²) < 4.78 is 11.4. The number of ether oxygens (including phenoxy) is 2. The zero-order valence-electron chi connectivity index (χ0n) is 16.7. The summed E-state index contributed by atoms with van der Waals surface area (Å²) in [6.45, 7) is 1.65. The lowest BCUT2D eigenvalue weighted by Crippen LogP contribution is -2.30. The second-order valence-corrected chi connectivity index (χ2v) is 6.74. The van der Waals surface area contributed by atoms with Gasteiger partial charge >= 0.3 is 5.97 Å². The summed E-state index contributed by atoms with van der Waals surface area (Å²) in [5, 5.41) is 7.06. The highest BCUT2D eigenvalue weighted by Gasteiger charge is 2.21. The van der Waals surface area contributed by atoms with Crippen molar-refractivity contribution in [3.05, 3.63) is 87.3 Å². The van der Waals surface area contributed by atoms with Crippen LogP contribution < -0.4 is 15.6 Å². The number of esters is 1. The average molecular weight is 442 g/mol. The molecule has 1 amide bonds. The third-order valence-corrected chi connectivity index (χ3v) is 4.46. The predicted molar refractivity (Wildman–Crippen MR) is 115 cm³/mol. The van der Waals surface area contributed by atoms with E-state index in [0.717, 1.165) is 16.3 Å². The molecule has 0 saturated carbocycles. The normalized spacial score (nSPS) is 10.4. The maximum atomic E-state index is 12.6. The fraction of sp³-hybridized carbons (Fsp3) is 0.182. The number of nitrogens with one attached hydrogen (secondary N) is 1. The van der Waals surface area contributed by atoms with Crippen LogP contribution >= 0.6 is 11.6 Å². The van der Waals surface area contributed by atoms with Gasteiger partial charge in [0.2, 0.25) is 5.69 Å². The average Bonchev–Trinajstić information content (AvgIpc) is 2.77. The van der Waals surface area contributed by atoms with E-state index < -0.39 is 24.0 Å². The Labute approximate surface area is 183 Å². The van der Waals surface area contributed by atoms with E-state index in [1.54, 1.807) is 31.2 Å². The molecule has 0 fully saturated rings. The first-order valence-corrected chi connectivity index (χ1v) is 9.87. The maximum Gasteiger partial charge on any atom is 0.362 e. The lowest BCUT2D eigenvalue weighted by molar-refractivity contribution is -0.123. The second kappa shape index (κ2) is 10.4. The van der Waals surface area contributed by atoms with Crippen LogP contribution in [0.5, 0.6) is 5.75 Å². The number of nitrogens with zero attached hydrogens (tertiary/aromatic N) is 2. The van der Waals surface area contributed by atoms with Gasteiger partial charge in [0, 0.05) is 6.54 Å². The van der Waals surface area contributed by atoms with Crippen molar-refractivity contribution in [2.45, 2.75) is 13.5 Å². The van der Waals surface area contributed by atoms with Crippen LogP contribution in [-0.4, -0.2) is 34.9 Å². The summed E-state index contributed by atoms with van der Waals surface area (Å²) in [4.78, 5) is 37.1. The quantitative estimate of drug-likeness (QED) is 0.539. The number of hydrogen-bond acceptors (Lipinski definition) is 6. The van der Waals surface area contributed by atoms with Gasteiger partial charge in [-0.2, -0.15) is 9.78 Å². The lowest BCUT2D eigenvalue weighted by Gasteiger charge is -2.13. The van der Waals surface area contributed by atoms with Crippen molar-refractivity contribution < 1.29 is 19.1 Å². The van der Waals surface area contributed by atoms with Gasteiger partial charge in [0.05, 0.1) is 23.4 Å². The van der Waals surface area contributed by atoms with Crippen LogP contribution in [0, 0.1) is 0 Å². The summed E-state index contributed by atoms with van der Waals surface area (Å²) in [5.74, 6) is -1.36. The van der Waals surface area contributed by atoms with Crippen LogP contribution in [0.15, 0.2) is 65.5 Å². The second-order valence-electron chi connectivity index (χ2n) is 6.33. The van der Waals surface area contributed by atoms with E-state index in [0.29, 0.717) is 12.2 Å². The van der Waals surface area contributed by atoms with Gasteiger partial charge in [-0.15, -0.1) is 0 Å². The monoisotopic (exact) mass is 441 g/mol. The van der Waals surface area contributed by atoms with Crippen molar-refractivity contribution in [2.75, 3.05) is 13.2 Å². The lowest BCUT2D eigenvalue weighted by atomic mass is 10.2. The number of halogens is 1. The molecule has 0 aliphatic heterocycles. The molecule has 3 aromatic rings. The van der Waals surface area contributed by atoms with E-state index >= 15 is 0 Å². The predicted octanol–water partition coefficient (Wildman–Crippen LogP) is 2.76. The van der Waals surface area contributed by atoms with Crippen LogP contribution in [0.25, 0.3) is 5.69 Å². The minimum absolute atomic E-state index is 0.0999. The standard InChI is InChI=1S/C22H20ClN3O5/c1-2-30-22(29)21-18(31-14-19(27)24-13-15-8-4-3-5-9-15)12-20(28)26(25-21)17-11-7-6-10-16(17)23/h3-12H,2,13-14H2,1H3,(H,24,27). The number of aromatic nitrogens is 2. The molecule has 2 aromatic carbocycles. The van der Waals surface area contributed by atoms with Gasteiger partial charge in [0.25, 0.3) is 11.5 Å². The van der Waals surface area contributed by atoms with E-state index in [9.17, 15) is 14.4 Å². The third kappa shape index (κ3) is 5.70. The number of hydrogen-bond donors (Lipinski definition) is 1. The molecule has 0 unspecified atom stereocenters. The summed E-state index contributed by atoms with van der Waals surface area (Å²) >= 11 is 6.15. The first kappa shape index (κ1) is 22.0. The van der Waals surface area contributed by atoms with Gasteiger partial charge in [-0.3, -0.25) is 9.59 Å². The molecule has 1 aromatic heterocycles. The molecule has 0 radical (unpaired) electrons. The topological polar surface area (TPSA) is 99.5 Å². The summed E-state index contributed by atoms with van der Waals surface area (Å²) in [5.41, 5.74) is 0.400. The van der Waals surface area contributed by atoms with E-state index in [4.69, 9.17) is 21.1 Å². The van der Waals surface area contributed by atoms with Crippen molar-refractivity contribution in [3.63, 3.8) is 0 Å². The zero-order valence-corrected chi connectivity index (χ0v) is 17.5. The number of para-hydroxylation sites is 1. The van der Waals surface area contributed by atoms with Gasteiger partial charge < -0.3 is 14.8 Å². The molecule has 3 rings (SSSR count). The summed E-state index contributed by atoms with van der Waals surface area (Å²) in [6.07, 6.45) is 0. The molecular weight excluding hydrogens is 422 g/mol. The van der Waals surface area contributed by atoms with Crippen LogP contribution in [0.2, 0.25) is 5.02 Å². The molecule has 0 atom stereocenters. The molecule has 1 heterocycles. The fourth-order valence-corrected chi connectivity index (χ4v) is 2.89. The highest BCUT2D eigenvalue weighted by molar-refractivity contribution is 6.32. The van der Waals surface area contributed by atoms with Crippen molar-refractivity contribution in [2.24, 2.45) is 0 Å². The number of amides is 1. The Morgan fingerprint density at radius 1 is 1.10 bits per heavy atom. The smallest absolute Gasteiger partial charge is 0.362 e. The maximum absolute atomic E-state index is 12.6. The van der Waals surface area contributed by atoms with E-state index in [-0.39, 0.29) is 23.1 Å². The van der Waals surface area contributed by atoms with Crippen molar-refractivity contribution in [1.82, 2.24) is 15.1 Å². The largest absolute Gasteiger partial charge is 0.481 e. The van der Waals surface area contributed by atoms with Gasteiger partial charge in [-0.05, 0) is 24.6 Å². The van der Waals surface area contributed by atoms with Gasteiger partial charge in [-0.1, -0.05) is 54.1 Å². The highest BCUT2D eigenvalue weighted by Crippen LogP contribution is 2.20. The summed E-state index contributed by atoms with van der Waals surface area (Å²) in [7, 11) is 0. The van der Waals surface area contributed by atoms with Crippen molar-refractivity contribution in [3.8, 4) is 11.4 Å². The third-order valence-electron chi connectivity index (χ3n) is 4.14. The fourth-order valence-electron chi connectivity index (χ4n) is 2.68. The molecule has 31 heavy (non-hydrogen) atoms. The number of benzene rings is 2. The number of carbonyl (C=O) groups is 2. The zero-order chi connectivity index (χ0) is 22.2. The summed E-state index contributed by atoms with van der Waals surface area (Å²) in [6, 6.07) is 17.0. The minimum atomic E-state index is -0.789. The van der Waals surface area contributed by atoms with E-state index in [1.807, 2.05) is 30.3 Å². The first-order chi connectivity index (χ1) is 15.0. The number of rotatable bonds is 8. The molecule has 0 aliphatic rings. The van der Waals surface area contributed by atoms with Crippen LogP contribution in [0.4, 0.5) is 0 Å². The molecule has 0 spiro atoms. The van der Waals surface area contributed by atoms with E-state index in [1.165, 1.54) is 0 Å². The van der Waals surface area contributed by atoms with Gasteiger partial charge in [0.1, 0.15) is 0 Å². The SMILES string of the molecule is CCOC(=O)c1nn(-c2ccccc2Cl)c(=O)cc1OCC(=O)NCc1ccccc1. The van der Waals surface area contributed by atoms with Crippen LogP contribution in [0.1, 0.15) is 23.0 Å². The minimum Gasteiger partial charge on any atom is -0.481 e. The Balaban J connectivity index is 1.81. The molecule has 0 aliphatic carbocycles. The Kier molecular flexibility index (Phi) is 7.40. The highest BCUT2D eigenvalue weighted by atomic mass is 35.5. The van der Waals surface area contributed by atoms with E-state index in [2.05, 4.69) is 10.4 Å². The molecule has 0 bridgehead atoms. The van der Waals surface area contributed by atoms with Crippen molar-refractivity contribution >= 4 is 23.5 Å². The molecule has 8 nitrogen and oxygen atoms in total. The first-order valence-electron chi connectivity index (χ1n) is 9.49. The molecule has 1 N–H and O–H groups in total. The van der Waals surface area contributed by atoms with Gasteiger partial charge in [-0.25, -0.2) is 4.79 Å². The Hall–Kier alpha value is -3.65. The molecule has 9 heteroatoms. The Morgan fingerprint density at radius 2 is 1.81 bits per heavy atom. The Bertz CT molecular complexity index is 1130. The molecular formula is C22H20ClN3O5. The Morgan fingerprint density at radius 3 is 2.52 bits per heavy atom. The number of carbonyl (C=O) groups excluding carboxylic acids is 2. The molecule has 160 valence electrons.